The Bertz CT molecular complexity index is 1250. The topological polar surface area (TPSA) is 29.0 Å². The van der Waals surface area contributed by atoms with Crippen LogP contribution in [0.1, 0.15) is 0 Å². The summed E-state index contributed by atoms with van der Waals surface area (Å²) in [5.41, 5.74) is 7.30. The number of para-hydroxylation sites is 7. The smallest absolute Gasteiger partial charge is 0.0894 e. The molecule has 0 atom stereocenters. The van der Waals surface area contributed by atoms with E-state index in [1.165, 1.54) is 17.1 Å². The average Bonchev–Trinajstić information content (AvgIpc) is 2.90. The molecule has 5 aromatic carbocycles. The summed E-state index contributed by atoms with van der Waals surface area (Å²) in [5.74, 6) is 0. The van der Waals surface area contributed by atoms with Crippen molar-refractivity contribution >= 4 is 39.1 Å². The highest BCUT2D eigenvalue weighted by molar-refractivity contribution is 5.85. The molecule has 33 heavy (non-hydrogen) atoms. The molecule has 6 rings (SSSR count). The first-order chi connectivity index (χ1) is 16.4. The van der Waals surface area contributed by atoms with Crippen molar-refractivity contribution in [3.05, 3.63) is 140 Å². The van der Waals surface area contributed by atoms with E-state index >= 15 is 0 Å². The van der Waals surface area contributed by atoms with E-state index in [9.17, 15) is 0 Å². The minimum Gasteiger partial charge on any atom is -0.311 e. The van der Waals surface area contributed by atoms with Crippen molar-refractivity contribution < 1.29 is 0 Å². The van der Waals surface area contributed by atoms with Gasteiger partial charge in [0.25, 0.3) is 0 Å². The molecule has 0 aliphatic heterocycles. The summed E-state index contributed by atoms with van der Waals surface area (Å²) >= 11 is 0. The van der Waals surface area contributed by atoms with Crippen LogP contribution in [0.25, 0.3) is 22.1 Å². The fourth-order valence-electron chi connectivity index (χ4n) is 3.74. The van der Waals surface area contributed by atoms with Gasteiger partial charge < -0.3 is 4.90 Å². The van der Waals surface area contributed by atoms with Crippen molar-refractivity contribution in [3.63, 3.8) is 0 Å². The Morgan fingerprint density at radius 1 is 0.303 bits per heavy atom. The van der Waals surface area contributed by atoms with Crippen molar-refractivity contribution in [1.82, 2.24) is 9.97 Å². The van der Waals surface area contributed by atoms with E-state index in [2.05, 4.69) is 87.7 Å². The van der Waals surface area contributed by atoms with Gasteiger partial charge in [-0.1, -0.05) is 78.9 Å². The first-order valence-corrected chi connectivity index (χ1v) is 11.0. The molecule has 6 aromatic rings. The molecule has 3 nitrogen and oxygen atoms in total. The number of fused-ring (bicyclic) bond motifs is 2. The Labute approximate surface area is 193 Å². The zero-order valence-corrected chi connectivity index (χ0v) is 18.1. The van der Waals surface area contributed by atoms with Gasteiger partial charge in [0.2, 0.25) is 0 Å². The van der Waals surface area contributed by atoms with Gasteiger partial charge in [0.05, 0.1) is 22.1 Å². The second-order valence-corrected chi connectivity index (χ2v) is 7.54. The number of aromatic nitrogens is 2. The maximum atomic E-state index is 4.52. The highest BCUT2D eigenvalue weighted by Gasteiger charge is 2.10. The van der Waals surface area contributed by atoms with Gasteiger partial charge in [0.15, 0.2) is 0 Å². The summed E-state index contributed by atoms with van der Waals surface area (Å²) in [6.07, 6.45) is 0. The Kier molecular flexibility index (Phi) is 6.03. The molecule has 0 unspecified atom stereocenters. The Hall–Kier alpha value is -4.50. The van der Waals surface area contributed by atoms with Crippen LogP contribution < -0.4 is 4.90 Å². The lowest BCUT2D eigenvalue weighted by Crippen LogP contribution is -2.09. The maximum absolute atomic E-state index is 4.52. The minimum atomic E-state index is 0.950. The first kappa shape index (κ1) is 20.4. The first-order valence-electron chi connectivity index (χ1n) is 11.0. The van der Waals surface area contributed by atoms with Crippen LogP contribution in [0.5, 0.6) is 0 Å². The molecule has 0 fully saturated rings. The lowest BCUT2D eigenvalue weighted by Gasteiger charge is -2.25. The molecule has 0 N–H and O–H groups in total. The monoisotopic (exact) mass is 425 g/mol. The van der Waals surface area contributed by atoms with Crippen LogP contribution >= 0.6 is 0 Å². The lowest BCUT2D eigenvalue weighted by atomic mass is 10.2. The lowest BCUT2D eigenvalue weighted by molar-refractivity contribution is 1.28. The Morgan fingerprint density at radius 2 is 0.545 bits per heavy atom. The molecule has 3 heteroatoms. The minimum absolute atomic E-state index is 0.950. The van der Waals surface area contributed by atoms with Crippen LogP contribution in [-0.2, 0) is 0 Å². The van der Waals surface area contributed by atoms with Crippen molar-refractivity contribution in [2.24, 2.45) is 0 Å². The van der Waals surface area contributed by atoms with E-state index in [1.807, 2.05) is 66.7 Å². The predicted molar refractivity (Wildman–Crippen MR) is 138 cm³/mol. The van der Waals surface area contributed by atoms with Crippen LogP contribution in [0.3, 0.4) is 0 Å². The molecule has 0 amide bonds. The van der Waals surface area contributed by atoms with Gasteiger partial charge in [-0.15, -0.1) is 0 Å². The highest BCUT2D eigenvalue weighted by Crippen LogP contribution is 2.33. The molecule has 0 aliphatic rings. The third-order valence-corrected chi connectivity index (χ3v) is 5.29. The van der Waals surface area contributed by atoms with E-state index in [4.69, 9.17) is 0 Å². The molecule has 1 aromatic heterocycles. The molecule has 158 valence electrons. The molecule has 1 heterocycles. The van der Waals surface area contributed by atoms with E-state index in [-0.39, 0.29) is 0 Å². The highest BCUT2D eigenvalue weighted by atomic mass is 15.1. The zero-order chi connectivity index (χ0) is 22.3. The summed E-state index contributed by atoms with van der Waals surface area (Å²) in [7, 11) is 0. The van der Waals surface area contributed by atoms with Crippen molar-refractivity contribution in [3.8, 4) is 0 Å². The van der Waals surface area contributed by atoms with E-state index < -0.39 is 0 Å². The van der Waals surface area contributed by atoms with Crippen LogP contribution in [0, 0.1) is 0 Å². The fourth-order valence-corrected chi connectivity index (χ4v) is 3.74. The molecule has 0 spiro atoms. The molecular weight excluding hydrogens is 402 g/mol. The summed E-state index contributed by atoms with van der Waals surface area (Å²) in [6.45, 7) is 0. The van der Waals surface area contributed by atoms with Gasteiger partial charge in [-0.05, 0) is 60.7 Å². The van der Waals surface area contributed by atoms with E-state index in [1.54, 1.807) is 0 Å². The van der Waals surface area contributed by atoms with Crippen molar-refractivity contribution in [2.45, 2.75) is 0 Å². The predicted octanol–water partition coefficient (Wildman–Crippen LogP) is 7.94. The number of nitrogens with zero attached hydrogens (tertiary/aromatic N) is 3. The van der Waals surface area contributed by atoms with Gasteiger partial charge in [-0.2, -0.15) is 0 Å². The molecule has 0 aliphatic carbocycles. The quantitative estimate of drug-likeness (QED) is 0.269. The summed E-state index contributed by atoms with van der Waals surface area (Å²) in [4.78, 5) is 11.3. The van der Waals surface area contributed by atoms with E-state index in [0.717, 1.165) is 22.1 Å². The van der Waals surface area contributed by atoms with Crippen LogP contribution in [0.4, 0.5) is 17.1 Å². The second kappa shape index (κ2) is 9.75. The Balaban J connectivity index is 0.000000144. The van der Waals surface area contributed by atoms with Crippen molar-refractivity contribution in [1.29, 1.82) is 0 Å². The van der Waals surface area contributed by atoms with Crippen LogP contribution in [-0.4, -0.2) is 9.97 Å². The van der Waals surface area contributed by atoms with Crippen LogP contribution in [0.15, 0.2) is 140 Å². The normalized spacial score (nSPS) is 10.4. The van der Waals surface area contributed by atoms with Gasteiger partial charge in [-0.25, -0.2) is 9.97 Å². The van der Waals surface area contributed by atoms with Crippen molar-refractivity contribution in [2.75, 3.05) is 4.90 Å². The standard InChI is InChI=1S/C18H15N.C12H8N2/c1-4-10-16(11-5-1)19(17-12-6-2-7-13-17)18-14-8-3-9-15-18;1-2-6-10-9(5-1)13-11-7-3-4-8-12(11)14-10/h1-15H;1-8H. The second-order valence-electron chi connectivity index (χ2n) is 7.54. The zero-order valence-electron chi connectivity index (χ0n) is 18.1. The number of rotatable bonds is 3. The van der Waals surface area contributed by atoms with Gasteiger partial charge in [0.1, 0.15) is 0 Å². The summed E-state index contributed by atoms with van der Waals surface area (Å²) in [6, 6.07) is 47.1. The number of hydrogen-bond donors (Lipinski definition) is 0. The Morgan fingerprint density at radius 3 is 0.818 bits per heavy atom. The summed E-state index contributed by atoms with van der Waals surface area (Å²) in [5, 5.41) is 0. The largest absolute Gasteiger partial charge is 0.311 e. The van der Waals surface area contributed by atoms with Gasteiger partial charge >= 0.3 is 0 Å². The SMILES string of the molecule is c1ccc(N(c2ccccc2)c2ccccc2)cc1.c1ccc2nc3ccccc3nc2c1. The fraction of sp³-hybridized carbons (Fsp3) is 0. The van der Waals surface area contributed by atoms with Gasteiger partial charge in [0, 0.05) is 17.1 Å². The molecular formula is C30H23N3. The average molecular weight is 426 g/mol. The number of anilines is 3. The third-order valence-electron chi connectivity index (χ3n) is 5.29. The molecule has 0 saturated carbocycles. The maximum Gasteiger partial charge on any atom is 0.0894 e. The number of benzene rings is 5. The van der Waals surface area contributed by atoms with Crippen LogP contribution in [0.2, 0.25) is 0 Å². The molecule has 0 bridgehead atoms. The van der Waals surface area contributed by atoms with E-state index in [0.29, 0.717) is 0 Å². The third kappa shape index (κ3) is 4.73. The molecule has 0 saturated heterocycles. The molecule has 0 radical (unpaired) electrons. The summed E-state index contributed by atoms with van der Waals surface area (Å²) < 4.78 is 0. The number of hydrogen-bond acceptors (Lipinski definition) is 3. The van der Waals surface area contributed by atoms with Gasteiger partial charge in [-0.3, -0.25) is 0 Å².